The van der Waals surface area contributed by atoms with Gasteiger partial charge in [0.05, 0.1) is 6.61 Å². The molecule has 0 aliphatic heterocycles. The highest BCUT2D eigenvalue weighted by Gasteiger charge is 2.07. The number of hydrogen-bond donors (Lipinski definition) is 1. The Bertz CT molecular complexity index is 261. The van der Waals surface area contributed by atoms with Gasteiger partial charge < -0.3 is 10.5 Å². The molecule has 1 heterocycles. The highest BCUT2D eigenvalue weighted by atomic mass is 16.5. The lowest BCUT2D eigenvalue weighted by molar-refractivity contribution is 0.120. The minimum atomic E-state index is 0.00412. The summed E-state index contributed by atoms with van der Waals surface area (Å²) in [7, 11) is 1.86. The fourth-order valence-corrected chi connectivity index (χ4v) is 1.18. The van der Waals surface area contributed by atoms with Crippen molar-refractivity contribution in [1.82, 2.24) is 14.8 Å². The molecule has 0 saturated heterocycles. The van der Waals surface area contributed by atoms with Gasteiger partial charge in [-0.3, -0.25) is 4.68 Å². The van der Waals surface area contributed by atoms with E-state index in [1.165, 1.54) is 6.33 Å². The van der Waals surface area contributed by atoms with Gasteiger partial charge in [0.25, 0.3) is 0 Å². The third-order valence-electron chi connectivity index (χ3n) is 1.93. The summed E-state index contributed by atoms with van der Waals surface area (Å²) in [4.78, 5) is 4.10. The number of aromatic nitrogens is 3. The van der Waals surface area contributed by atoms with Crippen molar-refractivity contribution < 1.29 is 4.74 Å². The SMILES string of the molecule is CCCOCC(N)Cc1ncnn1C. The molecule has 0 aromatic carbocycles. The van der Waals surface area contributed by atoms with Gasteiger partial charge in [0.15, 0.2) is 0 Å². The molecule has 0 aliphatic carbocycles. The highest BCUT2D eigenvalue weighted by Crippen LogP contribution is 1.96. The average Bonchev–Trinajstić information content (AvgIpc) is 2.52. The van der Waals surface area contributed by atoms with E-state index in [1.807, 2.05) is 7.05 Å². The fourth-order valence-electron chi connectivity index (χ4n) is 1.18. The number of hydrogen-bond acceptors (Lipinski definition) is 4. The Hall–Kier alpha value is -0.940. The molecular weight excluding hydrogens is 180 g/mol. The summed E-state index contributed by atoms with van der Waals surface area (Å²) in [6.45, 7) is 3.43. The van der Waals surface area contributed by atoms with Crippen molar-refractivity contribution in [3.8, 4) is 0 Å². The second kappa shape index (κ2) is 5.72. The van der Waals surface area contributed by atoms with Crippen LogP contribution in [0.25, 0.3) is 0 Å². The van der Waals surface area contributed by atoms with Gasteiger partial charge in [-0.05, 0) is 6.42 Å². The summed E-state index contributed by atoms with van der Waals surface area (Å²) in [6.07, 6.45) is 3.27. The van der Waals surface area contributed by atoms with Crippen LogP contribution >= 0.6 is 0 Å². The van der Waals surface area contributed by atoms with Crippen LogP contribution in [-0.4, -0.2) is 34.0 Å². The van der Waals surface area contributed by atoms with Crippen LogP contribution in [0.5, 0.6) is 0 Å². The van der Waals surface area contributed by atoms with Crippen molar-refractivity contribution >= 4 is 0 Å². The Labute approximate surface area is 84.3 Å². The fraction of sp³-hybridized carbons (Fsp3) is 0.778. The van der Waals surface area contributed by atoms with Crippen molar-refractivity contribution in [3.05, 3.63) is 12.2 Å². The van der Waals surface area contributed by atoms with Crippen molar-refractivity contribution in [2.75, 3.05) is 13.2 Å². The molecule has 1 aromatic rings. The Morgan fingerprint density at radius 2 is 2.43 bits per heavy atom. The quantitative estimate of drug-likeness (QED) is 0.659. The Kier molecular flexibility index (Phi) is 4.55. The summed E-state index contributed by atoms with van der Waals surface area (Å²) in [5.74, 6) is 0.901. The molecule has 2 N–H and O–H groups in total. The van der Waals surface area contributed by atoms with Crippen molar-refractivity contribution in [2.45, 2.75) is 25.8 Å². The largest absolute Gasteiger partial charge is 0.380 e. The summed E-state index contributed by atoms with van der Waals surface area (Å²) < 4.78 is 7.09. The number of aryl methyl sites for hydroxylation is 1. The summed E-state index contributed by atoms with van der Waals surface area (Å²) in [6, 6.07) is 0.00412. The maximum absolute atomic E-state index is 5.87. The maximum atomic E-state index is 5.87. The predicted octanol–water partition coefficient (Wildman–Crippen LogP) is 0.111. The van der Waals surface area contributed by atoms with Crippen LogP contribution in [0.15, 0.2) is 6.33 Å². The first-order chi connectivity index (χ1) is 6.74. The van der Waals surface area contributed by atoms with Gasteiger partial charge in [0.1, 0.15) is 12.2 Å². The van der Waals surface area contributed by atoms with Crippen LogP contribution in [0.2, 0.25) is 0 Å². The average molecular weight is 198 g/mol. The van der Waals surface area contributed by atoms with Crippen LogP contribution in [0.1, 0.15) is 19.2 Å². The van der Waals surface area contributed by atoms with E-state index in [4.69, 9.17) is 10.5 Å². The molecule has 0 saturated carbocycles. The normalized spacial score (nSPS) is 13.1. The lowest BCUT2D eigenvalue weighted by atomic mass is 10.2. The molecule has 5 nitrogen and oxygen atoms in total. The molecule has 0 fully saturated rings. The first kappa shape index (κ1) is 11.1. The summed E-state index contributed by atoms with van der Waals surface area (Å²) in [5, 5.41) is 3.98. The van der Waals surface area contributed by atoms with E-state index in [9.17, 15) is 0 Å². The van der Waals surface area contributed by atoms with Gasteiger partial charge >= 0.3 is 0 Å². The first-order valence-electron chi connectivity index (χ1n) is 4.90. The zero-order valence-corrected chi connectivity index (χ0v) is 8.81. The Balaban J connectivity index is 2.27. The minimum Gasteiger partial charge on any atom is -0.380 e. The molecule has 1 unspecified atom stereocenters. The number of nitrogens with two attached hydrogens (primary N) is 1. The van der Waals surface area contributed by atoms with Gasteiger partial charge in [-0.25, -0.2) is 4.98 Å². The first-order valence-corrected chi connectivity index (χ1v) is 4.90. The van der Waals surface area contributed by atoms with E-state index in [0.717, 1.165) is 18.9 Å². The summed E-state index contributed by atoms with van der Waals surface area (Å²) >= 11 is 0. The summed E-state index contributed by atoms with van der Waals surface area (Å²) in [5.41, 5.74) is 5.87. The molecule has 0 spiro atoms. The molecule has 0 amide bonds. The zero-order chi connectivity index (χ0) is 10.4. The van der Waals surface area contributed by atoms with Crippen molar-refractivity contribution in [2.24, 2.45) is 12.8 Å². The maximum Gasteiger partial charge on any atom is 0.138 e. The van der Waals surface area contributed by atoms with Crippen molar-refractivity contribution in [1.29, 1.82) is 0 Å². The van der Waals surface area contributed by atoms with E-state index in [0.29, 0.717) is 13.0 Å². The topological polar surface area (TPSA) is 66.0 Å². The third kappa shape index (κ3) is 3.43. The van der Waals surface area contributed by atoms with Gasteiger partial charge in [0.2, 0.25) is 0 Å². The molecule has 14 heavy (non-hydrogen) atoms. The van der Waals surface area contributed by atoms with E-state index < -0.39 is 0 Å². The highest BCUT2D eigenvalue weighted by molar-refractivity contribution is 4.87. The standard InChI is InChI=1S/C9H18N4O/c1-3-4-14-6-8(10)5-9-11-7-12-13(9)2/h7-8H,3-6,10H2,1-2H3. The smallest absolute Gasteiger partial charge is 0.138 e. The van der Waals surface area contributed by atoms with Crippen molar-refractivity contribution in [3.63, 3.8) is 0 Å². The second-order valence-corrected chi connectivity index (χ2v) is 3.34. The Morgan fingerprint density at radius 1 is 1.64 bits per heavy atom. The van der Waals surface area contributed by atoms with Gasteiger partial charge in [-0.15, -0.1) is 0 Å². The van der Waals surface area contributed by atoms with Crippen LogP contribution in [-0.2, 0) is 18.2 Å². The molecule has 0 bridgehead atoms. The monoisotopic (exact) mass is 198 g/mol. The van der Waals surface area contributed by atoms with E-state index in [1.54, 1.807) is 4.68 Å². The van der Waals surface area contributed by atoms with Crippen LogP contribution in [0, 0.1) is 0 Å². The second-order valence-electron chi connectivity index (χ2n) is 3.34. The predicted molar refractivity (Wildman–Crippen MR) is 53.8 cm³/mol. The molecule has 80 valence electrons. The lowest BCUT2D eigenvalue weighted by Crippen LogP contribution is -2.30. The van der Waals surface area contributed by atoms with Gasteiger partial charge in [0, 0.05) is 26.1 Å². The number of ether oxygens (including phenoxy) is 1. The molecule has 1 rings (SSSR count). The number of rotatable bonds is 6. The van der Waals surface area contributed by atoms with E-state index in [-0.39, 0.29) is 6.04 Å². The number of nitrogens with zero attached hydrogens (tertiary/aromatic N) is 3. The van der Waals surface area contributed by atoms with E-state index in [2.05, 4.69) is 17.0 Å². The van der Waals surface area contributed by atoms with E-state index >= 15 is 0 Å². The molecular formula is C9H18N4O. The molecule has 5 heteroatoms. The van der Waals surface area contributed by atoms with Crippen LogP contribution in [0.4, 0.5) is 0 Å². The molecule has 1 aromatic heterocycles. The molecule has 1 atom stereocenters. The molecule has 0 radical (unpaired) electrons. The lowest BCUT2D eigenvalue weighted by Gasteiger charge is -2.10. The van der Waals surface area contributed by atoms with Gasteiger partial charge in [-0.1, -0.05) is 6.92 Å². The zero-order valence-electron chi connectivity index (χ0n) is 8.81. The minimum absolute atomic E-state index is 0.00412. The van der Waals surface area contributed by atoms with Crippen LogP contribution in [0.3, 0.4) is 0 Å². The molecule has 0 aliphatic rings. The van der Waals surface area contributed by atoms with Gasteiger partial charge in [-0.2, -0.15) is 5.10 Å². The third-order valence-corrected chi connectivity index (χ3v) is 1.93. The van der Waals surface area contributed by atoms with Crippen LogP contribution < -0.4 is 5.73 Å². The Morgan fingerprint density at radius 3 is 3.00 bits per heavy atom.